The fraction of sp³-hybridized carbons (Fsp3) is 0.560. The van der Waals surface area contributed by atoms with Gasteiger partial charge >= 0.3 is 6.09 Å². The molecule has 1 amide bonds. The maximum absolute atomic E-state index is 12.4. The SMILES string of the molecule is CC(C)(C)OC(=O)NCCCCCCCC=C1C(=O)CC(c2ccccc2)CC1=O. The van der Waals surface area contributed by atoms with Crippen LogP contribution in [0.1, 0.15) is 83.6 Å². The lowest BCUT2D eigenvalue weighted by molar-refractivity contribution is -0.124. The molecule has 0 unspecified atom stereocenters. The van der Waals surface area contributed by atoms with E-state index in [0.717, 1.165) is 44.1 Å². The quantitative estimate of drug-likeness (QED) is 0.330. The second kappa shape index (κ2) is 11.7. The van der Waals surface area contributed by atoms with E-state index in [0.29, 0.717) is 25.0 Å². The van der Waals surface area contributed by atoms with Gasteiger partial charge in [-0.05, 0) is 51.5 Å². The van der Waals surface area contributed by atoms with Crippen molar-refractivity contribution >= 4 is 17.7 Å². The highest BCUT2D eigenvalue weighted by atomic mass is 16.6. The molecule has 0 atom stereocenters. The van der Waals surface area contributed by atoms with Crippen LogP contribution in [0, 0.1) is 0 Å². The maximum Gasteiger partial charge on any atom is 0.407 e. The molecule has 30 heavy (non-hydrogen) atoms. The lowest BCUT2D eigenvalue weighted by Crippen LogP contribution is -2.32. The smallest absolute Gasteiger partial charge is 0.407 e. The third-order valence-electron chi connectivity index (χ3n) is 5.13. The van der Waals surface area contributed by atoms with E-state index >= 15 is 0 Å². The first kappa shape index (κ1) is 23.8. The topological polar surface area (TPSA) is 72.5 Å². The van der Waals surface area contributed by atoms with Gasteiger partial charge in [0.15, 0.2) is 11.6 Å². The average molecular weight is 414 g/mol. The number of benzene rings is 1. The van der Waals surface area contributed by atoms with E-state index < -0.39 is 5.60 Å². The van der Waals surface area contributed by atoms with E-state index in [1.165, 1.54) is 0 Å². The average Bonchev–Trinajstić information content (AvgIpc) is 2.67. The molecule has 1 N–H and O–H groups in total. The van der Waals surface area contributed by atoms with Crippen molar-refractivity contribution in [1.82, 2.24) is 5.32 Å². The van der Waals surface area contributed by atoms with Crippen LogP contribution in [0.25, 0.3) is 0 Å². The van der Waals surface area contributed by atoms with Crippen molar-refractivity contribution in [2.45, 2.75) is 83.7 Å². The highest BCUT2D eigenvalue weighted by Crippen LogP contribution is 2.31. The number of amides is 1. The first-order valence-electron chi connectivity index (χ1n) is 11.0. The summed E-state index contributed by atoms with van der Waals surface area (Å²) in [7, 11) is 0. The predicted molar refractivity (Wildman–Crippen MR) is 118 cm³/mol. The summed E-state index contributed by atoms with van der Waals surface area (Å²) in [5.74, 6) is -0.0284. The summed E-state index contributed by atoms with van der Waals surface area (Å²) in [5, 5.41) is 2.76. The van der Waals surface area contributed by atoms with Crippen LogP contribution in [0.3, 0.4) is 0 Å². The first-order valence-corrected chi connectivity index (χ1v) is 11.0. The summed E-state index contributed by atoms with van der Waals surface area (Å²) in [4.78, 5) is 36.4. The summed E-state index contributed by atoms with van der Waals surface area (Å²) in [6, 6.07) is 9.82. The summed E-state index contributed by atoms with van der Waals surface area (Å²) in [5.41, 5.74) is 1.01. The van der Waals surface area contributed by atoms with Gasteiger partial charge in [0.05, 0.1) is 5.57 Å². The molecule has 0 heterocycles. The van der Waals surface area contributed by atoms with Crippen molar-refractivity contribution in [3.8, 4) is 0 Å². The summed E-state index contributed by atoms with van der Waals surface area (Å²) < 4.78 is 5.19. The van der Waals surface area contributed by atoms with E-state index in [4.69, 9.17) is 4.74 Å². The Labute approximate surface area is 180 Å². The van der Waals surface area contributed by atoms with Gasteiger partial charge in [-0.2, -0.15) is 0 Å². The number of carbonyl (C=O) groups excluding carboxylic acids is 3. The van der Waals surface area contributed by atoms with Crippen molar-refractivity contribution in [1.29, 1.82) is 0 Å². The number of ether oxygens (including phenoxy) is 1. The summed E-state index contributed by atoms with van der Waals surface area (Å²) >= 11 is 0. The van der Waals surface area contributed by atoms with Crippen LogP contribution in [0.15, 0.2) is 42.0 Å². The van der Waals surface area contributed by atoms with E-state index in [1.807, 2.05) is 57.2 Å². The standard InChI is InChI=1S/C25H35NO4/c1-25(2,3)30-24(29)26-16-12-7-5-4-6-11-15-21-22(27)17-20(18-23(21)28)19-13-9-8-10-14-19/h8-10,13-15,20H,4-7,11-12,16-18H2,1-3H3,(H,26,29). The summed E-state index contributed by atoms with van der Waals surface area (Å²) in [6.45, 7) is 6.15. The van der Waals surface area contributed by atoms with Crippen molar-refractivity contribution in [3.05, 3.63) is 47.5 Å². The molecule has 1 fully saturated rings. The number of nitrogens with one attached hydrogen (secondary N) is 1. The van der Waals surface area contributed by atoms with Gasteiger partial charge in [0.25, 0.3) is 0 Å². The largest absolute Gasteiger partial charge is 0.444 e. The monoisotopic (exact) mass is 413 g/mol. The second-order valence-corrected chi connectivity index (χ2v) is 8.97. The zero-order chi connectivity index (χ0) is 22.0. The minimum absolute atomic E-state index is 0.0117. The van der Waals surface area contributed by atoms with Gasteiger partial charge in [-0.25, -0.2) is 4.79 Å². The number of hydrogen-bond acceptors (Lipinski definition) is 4. The van der Waals surface area contributed by atoms with E-state index in [1.54, 1.807) is 0 Å². The molecule has 1 aromatic rings. The zero-order valence-corrected chi connectivity index (χ0v) is 18.5. The molecular formula is C25H35NO4. The van der Waals surface area contributed by atoms with Gasteiger partial charge in [0, 0.05) is 19.4 Å². The molecule has 1 aromatic carbocycles. The van der Waals surface area contributed by atoms with Gasteiger partial charge in [-0.1, -0.05) is 55.7 Å². The van der Waals surface area contributed by atoms with Crippen molar-refractivity contribution in [3.63, 3.8) is 0 Å². The Morgan fingerprint density at radius 2 is 1.60 bits per heavy atom. The van der Waals surface area contributed by atoms with Gasteiger partial charge in [0.2, 0.25) is 0 Å². The number of allylic oxidation sites excluding steroid dienone is 2. The van der Waals surface area contributed by atoms with Gasteiger partial charge in [-0.3, -0.25) is 9.59 Å². The molecule has 1 aliphatic carbocycles. The van der Waals surface area contributed by atoms with Crippen LogP contribution in [-0.2, 0) is 14.3 Å². The lowest BCUT2D eigenvalue weighted by Gasteiger charge is -2.22. The Kier molecular flexibility index (Phi) is 9.28. The Bertz CT molecular complexity index is 726. The Morgan fingerprint density at radius 1 is 1.00 bits per heavy atom. The van der Waals surface area contributed by atoms with E-state index in [2.05, 4.69) is 5.32 Å². The van der Waals surface area contributed by atoms with Crippen molar-refractivity contribution < 1.29 is 19.1 Å². The molecule has 1 aliphatic rings. The molecule has 0 radical (unpaired) electrons. The lowest BCUT2D eigenvalue weighted by atomic mass is 9.79. The molecule has 0 aromatic heterocycles. The normalized spacial score (nSPS) is 17.0. The van der Waals surface area contributed by atoms with Crippen molar-refractivity contribution in [2.24, 2.45) is 0 Å². The number of alkyl carbamates (subject to hydrolysis) is 1. The highest BCUT2D eigenvalue weighted by molar-refractivity contribution is 6.22. The van der Waals surface area contributed by atoms with E-state index in [-0.39, 0.29) is 23.6 Å². The molecule has 0 aliphatic heterocycles. The molecule has 0 saturated heterocycles. The van der Waals surface area contributed by atoms with Crippen LogP contribution in [-0.4, -0.2) is 29.8 Å². The Balaban J connectivity index is 1.59. The van der Waals surface area contributed by atoms with Gasteiger partial charge < -0.3 is 10.1 Å². The molecule has 5 heteroatoms. The number of rotatable bonds is 9. The van der Waals surface area contributed by atoms with Gasteiger partial charge in [0.1, 0.15) is 5.60 Å². The Morgan fingerprint density at radius 3 is 2.23 bits per heavy atom. The second-order valence-electron chi connectivity index (χ2n) is 8.97. The third kappa shape index (κ3) is 8.52. The zero-order valence-electron chi connectivity index (χ0n) is 18.5. The van der Waals surface area contributed by atoms with E-state index in [9.17, 15) is 14.4 Å². The first-order chi connectivity index (χ1) is 14.3. The van der Waals surface area contributed by atoms with Crippen LogP contribution in [0.2, 0.25) is 0 Å². The molecule has 0 bridgehead atoms. The van der Waals surface area contributed by atoms with Crippen LogP contribution < -0.4 is 5.32 Å². The van der Waals surface area contributed by atoms with Crippen molar-refractivity contribution in [2.75, 3.05) is 6.54 Å². The fourth-order valence-electron chi connectivity index (χ4n) is 3.63. The summed E-state index contributed by atoms with van der Waals surface area (Å²) in [6.07, 6.45) is 8.10. The Hall–Kier alpha value is -2.43. The molecular weight excluding hydrogens is 378 g/mol. The minimum atomic E-state index is -0.470. The number of carbonyl (C=O) groups is 3. The fourth-order valence-corrected chi connectivity index (χ4v) is 3.63. The van der Waals surface area contributed by atoms with Crippen LogP contribution in [0.4, 0.5) is 4.79 Å². The number of hydrogen-bond donors (Lipinski definition) is 1. The molecule has 164 valence electrons. The molecule has 5 nitrogen and oxygen atoms in total. The maximum atomic E-state index is 12.4. The minimum Gasteiger partial charge on any atom is -0.444 e. The molecule has 0 spiro atoms. The highest BCUT2D eigenvalue weighted by Gasteiger charge is 2.30. The van der Waals surface area contributed by atoms with Crippen LogP contribution in [0.5, 0.6) is 0 Å². The predicted octanol–water partition coefficient (Wildman–Crippen LogP) is 5.49. The molecule has 1 saturated carbocycles. The number of unbranched alkanes of at least 4 members (excludes halogenated alkanes) is 5. The number of ketones is 2. The van der Waals surface area contributed by atoms with Crippen LogP contribution >= 0.6 is 0 Å². The number of Topliss-reactive ketones (excluding diaryl/α,β-unsaturated/α-hetero) is 2. The van der Waals surface area contributed by atoms with Gasteiger partial charge in [-0.15, -0.1) is 0 Å². The third-order valence-corrected chi connectivity index (χ3v) is 5.13. The molecule has 2 rings (SSSR count).